The third kappa shape index (κ3) is 2.67. The van der Waals surface area contributed by atoms with Gasteiger partial charge in [0.15, 0.2) is 5.78 Å². The van der Waals surface area contributed by atoms with Crippen LogP contribution in [0.1, 0.15) is 16.8 Å². The van der Waals surface area contributed by atoms with Crippen molar-refractivity contribution in [3.63, 3.8) is 0 Å². The summed E-state index contributed by atoms with van der Waals surface area (Å²) in [5, 5.41) is 8.45. The average Bonchev–Trinajstić information content (AvgIpc) is 2.17. The lowest BCUT2D eigenvalue weighted by atomic mass is 10.0. The summed E-state index contributed by atoms with van der Waals surface area (Å²) in [6.45, 7) is 0. The predicted octanol–water partition coefficient (Wildman–Crippen LogP) is 0.671. The number of ketones is 1. The lowest BCUT2D eigenvalue weighted by molar-refractivity contribution is -0.137. The Morgan fingerprint density at radius 1 is 1.29 bits per heavy atom. The summed E-state index contributed by atoms with van der Waals surface area (Å²) >= 11 is 0. The van der Waals surface area contributed by atoms with Crippen LogP contribution in [-0.2, 0) is 4.79 Å². The molecule has 0 saturated carbocycles. The molecule has 0 saturated heterocycles. The van der Waals surface area contributed by atoms with Gasteiger partial charge >= 0.3 is 5.97 Å². The summed E-state index contributed by atoms with van der Waals surface area (Å²) in [5.74, 6) is -1.41. The number of hydrogen-bond acceptors (Lipinski definition) is 3. The smallest absolute Gasteiger partial charge is 0.305 e. The number of nitrogens with two attached hydrogens (primary N) is 1. The van der Waals surface area contributed by atoms with E-state index in [-0.39, 0.29) is 12.2 Å². The Morgan fingerprint density at radius 3 is 2.36 bits per heavy atom. The Morgan fingerprint density at radius 2 is 1.86 bits per heavy atom. The summed E-state index contributed by atoms with van der Waals surface area (Å²) in [5.41, 5.74) is 5.87. The number of benzene rings is 1. The monoisotopic (exact) mass is 193 g/mol. The molecule has 1 rings (SSSR count). The zero-order valence-corrected chi connectivity index (χ0v) is 7.51. The van der Waals surface area contributed by atoms with Crippen molar-refractivity contribution in [2.75, 3.05) is 0 Å². The molecule has 14 heavy (non-hydrogen) atoms. The first-order valence-corrected chi connectivity index (χ1v) is 4.18. The number of Topliss-reactive ketones (excluding diaryl/α,β-unsaturated/α-hetero) is 1. The van der Waals surface area contributed by atoms with Crippen LogP contribution in [-0.4, -0.2) is 22.9 Å². The Kier molecular flexibility index (Phi) is 3.36. The van der Waals surface area contributed by atoms with Crippen molar-refractivity contribution in [1.82, 2.24) is 0 Å². The molecule has 0 unspecified atom stereocenters. The van der Waals surface area contributed by atoms with Gasteiger partial charge in [0, 0.05) is 5.56 Å². The second kappa shape index (κ2) is 4.53. The minimum absolute atomic E-state index is 0.340. The fourth-order valence-electron chi connectivity index (χ4n) is 1.10. The second-order valence-electron chi connectivity index (χ2n) is 2.93. The predicted molar refractivity (Wildman–Crippen MR) is 51.0 cm³/mol. The molecule has 0 amide bonds. The number of carboxylic acid groups (broad SMARTS) is 1. The van der Waals surface area contributed by atoms with Crippen molar-refractivity contribution in [2.45, 2.75) is 12.5 Å². The van der Waals surface area contributed by atoms with Gasteiger partial charge in [0.25, 0.3) is 0 Å². The fourth-order valence-corrected chi connectivity index (χ4v) is 1.10. The molecule has 4 heteroatoms. The van der Waals surface area contributed by atoms with E-state index in [1.54, 1.807) is 30.3 Å². The molecule has 1 aromatic rings. The Bertz CT molecular complexity index is 334. The van der Waals surface area contributed by atoms with E-state index < -0.39 is 12.0 Å². The van der Waals surface area contributed by atoms with Crippen LogP contribution in [0.15, 0.2) is 30.3 Å². The van der Waals surface area contributed by atoms with Crippen LogP contribution in [0.5, 0.6) is 0 Å². The van der Waals surface area contributed by atoms with Crippen molar-refractivity contribution < 1.29 is 14.7 Å². The molecule has 4 nitrogen and oxygen atoms in total. The second-order valence-corrected chi connectivity index (χ2v) is 2.93. The van der Waals surface area contributed by atoms with E-state index in [2.05, 4.69) is 0 Å². The Labute approximate surface area is 81.3 Å². The van der Waals surface area contributed by atoms with Gasteiger partial charge in [0.05, 0.1) is 12.5 Å². The summed E-state index contributed by atoms with van der Waals surface area (Å²) in [4.78, 5) is 21.8. The standard InChI is InChI=1S/C10H11NO3/c11-8(6-9(12)13)10(14)7-4-2-1-3-5-7/h1-5,8H,6,11H2,(H,12,13)/t8-/m0/s1. The summed E-state index contributed by atoms with van der Waals surface area (Å²) < 4.78 is 0. The molecule has 0 aliphatic rings. The van der Waals surface area contributed by atoms with E-state index in [1.807, 2.05) is 0 Å². The van der Waals surface area contributed by atoms with Crippen LogP contribution in [0, 0.1) is 0 Å². The maximum Gasteiger partial charge on any atom is 0.305 e. The molecule has 1 aromatic carbocycles. The van der Waals surface area contributed by atoms with E-state index in [9.17, 15) is 9.59 Å². The summed E-state index contributed by atoms with van der Waals surface area (Å²) in [7, 11) is 0. The number of rotatable bonds is 4. The van der Waals surface area contributed by atoms with Crippen LogP contribution < -0.4 is 5.73 Å². The molecule has 0 fully saturated rings. The summed E-state index contributed by atoms with van der Waals surface area (Å²) in [6.07, 6.45) is -0.340. The SMILES string of the molecule is N[C@@H](CC(=O)O)C(=O)c1ccccc1. The normalized spacial score (nSPS) is 12.1. The molecule has 0 aliphatic carbocycles. The third-order valence-electron chi connectivity index (χ3n) is 1.79. The summed E-state index contributed by atoms with van der Waals surface area (Å²) in [6, 6.07) is 7.46. The van der Waals surface area contributed by atoms with Gasteiger partial charge in [-0.3, -0.25) is 9.59 Å². The van der Waals surface area contributed by atoms with Gasteiger partial charge < -0.3 is 10.8 Å². The zero-order valence-electron chi connectivity index (χ0n) is 7.51. The Balaban J connectivity index is 2.71. The van der Waals surface area contributed by atoms with Crippen molar-refractivity contribution in [3.8, 4) is 0 Å². The zero-order chi connectivity index (χ0) is 10.6. The van der Waals surface area contributed by atoms with Gasteiger partial charge in [-0.1, -0.05) is 30.3 Å². The third-order valence-corrected chi connectivity index (χ3v) is 1.79. The first kappa shape index (κ1) is 10.4. The van der Waals surface area contributed by atoms with Gasteiger partial charge in [-0.05, 0) is 0 Å². The van der Waals surface area contributed by atoms with Gasteiger partial charge in [-0.25, -0.2) is 0 Å². The van der Waals surface area contributed by atoms with Gasteiger partial charge in [0.2, 0.25) is 0 Å². The first-order valence-electron chi connectivity index (χ1n) is 4.18. The number of aliphatic carboxylic acids is 1. The van der Waals surface area contributed by atoms with E-state index in [1.165, 1.54) is 0 Å². The van der Waals surface area contributed by atoms with Crippen LogP contribution >= 0.6 is 0 Å². The molecule has 1 atom stereocenters. The van der Waals surface area contributed by atoms with Crippen molar-refractivity contribution in [1.29, 1.82) is 0 Å². The van der Waals surface area contributed by atoms with Crippen LogP contribution in [0.25, 0.3) is 0 Å². The number of carbonyl (C=O) groups is 2. The molecule has 3 N–H and O–H groups in total. The van der Waals surface area contributed by atoms with E-state index in [0.29, 0.717) is 5.56 Å². The minimum Gasteiger partial charge on any atom is -0.481 e. The largest absolute Gasteiger partial charge is 0.481 e. The van der Waals surface area contributed by atoms with Crippen LogP contribution in [0.2, 0.25) is 0 Å². The molecular weight excluding hydrogens is 182 g/mol. The number of carboxylic acids is 1. The molecule has 0 radical (unpaired) electrons. The molecular formula is C10H11NO3. The molecule has 0 bridgehead atoms. The number of carbonyl (C=O) groups excluding carboxylic acids is 1. The minimum atomic E-state index is -1.07. The maximum atomic E-state index is 11.5. The van der Waals surface area contributed by atoms with Crippen LogP contribution in [0.3, 0.4) is 0 Å². The first-order chi connectivity index (χ1) is 6.61. The van der Waals surface area contributed by atoms with Gasteiger partial charge in [-0.2, -0.15) is 0 Å². The van der Waals surface area contributed by atoms with E-state index in [0.717, 1.165) is 0 Å². The molecule has 74 valence electrons. The quantitative estimate of drug-likeness (QED) is 0.689. The maximum absolute atomic E-state index is 11.5. The molecule has 0 heterocycles. The van der Waals surface area contributed by atoms with Crippen LogP contribution in [0.4, 0.5) is 0 Å². The van der Waals surface area contributed by atoms with Crippen molar-refractivity contribution in [3.05, 3.63) is 35.9 Å². The lowest BCUT2D eigenvalue weighted by Gasteiger charge is -2.06. The molecule has 0 spiro atoms. The van der Waals surface area contributed by atoms with Crippen molar-refractivity contribution in [2.24, 2.45) is 5.73 Å². The molecule has 0 aliphatic heterocycles. The van der Waals surface area contributed by atoms with Gasteiger partial charge in [-0.15, -0.1) is 0 Å². The highest BCUT2D eigenvalue weighted by molar-refractivity contribution is 6.01. The fraction of sp³-hybridized carbons (Fsp3) is 0.200. The van der Waals surface area contributed by atoms with E-state index in [4.69, 9.17) is 10.8 Å². The Hall–Kier alpha value is -1.68. The highest BCUT2D eigenvalue weighted by Gasteiger charge is 2.17. The topological polar surface area (TPSA) is 80.4 Å². The highest BCUT2D eigenvalue weighted by atomic mass is 16.4. The lowest BCUT2D eigenvalue weighted by Crippen LogP contribution is -2.32. The highest BCUT2D eigenvalue weighted by Crippen LogP contribution is 2.04. The molecule has 0 aromatic heterocycles. The van der Waals surface area contributed by atoms with Gasteiger partial charge in [0.1, 0.15) is 0 Å². The van der Waals surface area contributed by atoms with Crippen molar-refractivity contribution >= 4 is 11.8 Å². The average molecular weight is 193 g/mol. The van der Waals surface area contributed by atoms with E-state index >= 15 is 0 Å². The number of hydrogen-bond donors (Lipinski definition) is 2.